The van der Waals surface area contributed by atoms with Crippen LogP contribution in [0, 0.1) is 0 Å². The summed E-state index contributed by atoms with van der Waals surface area (Å²) in [4.78, 5) is 0. The molecule has 0 saturated carbocycles. The number of aryl methyl sites for hydroxylation is 1. The summed E-state index contributed by atoms with van der Waals surface area (Å²) in [5, 5.41) is 2.67. The van der Waals surface area contributed by atoms with Crippen molar-refractivity contribution >= 4 is 16.3 Å². The number of hydrogen-bond acceptors (Lipinski definition) is 0. The summed E-state index contributed by atoms with van der Waals surface area (Å²) >= 11 is 0. The van der Waals surface area contributed by atoms with Crippen molar-refractivity contribution in [3.63, 3.8) is 0 Å². The van der Waals surface area contributed by atoms with Gasteiger partial charge in [-0.15, -0.1) is 0 Å². The highest BCUT2D eigenvalue weighted by atomic mass is 14.9. The van der Waals surface area contributed by atoms with Crippen LogP contribution >= 0.6 is 0 Å². The van der Waals surface area contributed by atoms with Crippen LogP contribution in [0.4, 0.5) is 0 Å². The maximum atomic E-state index is 3.81. The van der Waals surface area contributed by atoms with E-state index in [0.29, 0.717) is 5.92 Å². The van der Waals surface area contributed by atoms with Crippen LogP contribution in [0.1, 0.15) is 60.9 Å². The average Bonchev–Trinajstić information content (AvgIpc) is 3.36. The van der Waals surface area contributed by atoms with Crippen molar-refractivity contribution in [1.29, 1.82) is 0 Å². The van der Waals surface area contributed by atoms with E-state index in [1.54, 1.807) is 0 Å². The van der Waals surface area contributed by atoms with Crippen LogP contribution in [0.25, 0.3) is 16.3 Å². The number of fused-ring (bicyclic) bond motifs is 2. The lowest BCUT2D eigenvalue weighted by Gasteiger charge is -2.35. The summed E-state index contributed by atoms with van der Waals surface area (Å²) in [6, 6.07) is 28.9. The summed E-state index contributed by atoms with van der Waals surface area (Å²) in [7, 11) is 2.20. The van der Waals surface area contributed by atoms with Crippen LogP contribution in [-0.4, -0.2) is 4.57 Å². The predicted molar refractivity (Wildman–Crippen MR) is 169 cm³/mol. The van der Waals surface area contributed by atoms with E-state index in [0.717, 1.165) is 25.7 Å². The van der Waals surface area contributed by atoms with Gasteiger partial charge in [-0.05, 0) is 71.7 Å². The van der Waals surface area contributed by atoms with E-state index < -0.39 is 0 Å². The van der Waals surface area contributed by atoms with E-state index in [2.05, 4.69) is 147 Å². The van der Waals surface area contributed by atoms with E-state index >= 15 is 0 Å². The van der Waals surface area contributed by atoms with Crippen molar-refractivity contribution in [3.8, 4) is 0 Å². The maximum absolute atomic E-state index is 3.81. The first-order valence-corrected chi connectivity index (χ1v) is 14.1. The molecule has 1 heterocycles. The molecule has 1 aliphatic carbocycles. The fourth-order valence-electron chi connectivity index (χ4n) is 6.29. The van der Waals surface area contributed by atoms with E-state index in [1.165, 1.54) is 38.7 Å². The molecule has 3 aromatic carbocycles. The minimum atomic E-state index is -0.202. The molecule has 2 atom stereocenters. The second-order valence-corrected chi connectivity index (χ2v) is 10.7. The number of nitrogens with zero attached hydrogens (tertiary/aromatic N) is 1. The molecule has 5 rings (SSSR count). The summed E-state index contributed by atoms with van der Waals surface area (Å²) in [5.41, 5.74) is 6.67. The molecule has 39 heavy (non-hydrogen) atoms. The molecule has 1 heteroatoms. The lowest BCUT2D eigenvalue weighted by Crippen LogP contribution is -2.30. The molecule has 0 saturated heterocycles. The van der Waals surface area contributed by atoms with Crippen LogP contribution in [-0.2, 0) is 12.5 Å². The first kappa shape index (κ1) is 26.5. The van der Waals surface area contributed by atoms with Gasteiger partial charge in [-0.1, -0.05) is 128 Å². The minimum absolute atomic E-state index is 0.202. The zero-order chi connectivity index (χ0) is 27.1. The minimum Gasteiger partial charge on any atom is -0.353 e. The van der Waals surface area contributed by atoms with Gasteiger partial charge in [0.2, 0.25) is 0 Å². The third-order valence-electron chi connectivity index (χ3n) is 8.22. The molecule has 1 aliphatic rings. The molecule has 1 nitrogen and oxygen atoms in total. The average molecular weight is 510 g/mol. The highest BCUT2D eigenvalue weighted by Gasteiger charge is 2.37. The molecule has 1 aromatic heterocycles. The Hall–Kier alpha value is -4.10. The molecule has 0 bridgehead atoms. The zero-order valence-electron chi connectivity index (χ0n) is 23.3. The van der Waals surface area contributed by atoms with Gasteiger partial charge in [-0.3, -0.25) is 0 Å². The molecular weight excluding hydrogens is 470 g/mol. The lowest BCUT2D eigenvalue weighted by molar-refractivity contribution is 0.491. The highest BCUT2D eigenvalue weighted by molar-refractivity contribution is 5.86. The standard InChI is InChI=1S/C38H39N/c1-4-5-6-7-13-27-38(33-22-9-8-10-23-33)28-16-21-32(36-25-15-20-31-18-11-12-24-35(31)36)19-14-17-30(2)34-26-29-39(3)37(34)38/h4-13,15-18,20-26,29,32H,1,14,19,27-28H2,2-3H3/b6-5-,13-7-,21-16+,30-17+. The van der Waals surface area contributed by atoms with Gasteiger partial charge in [0.1, 0.15) is 0 Å². The molecule has 0 radical (unpaired) electrons. The molecule has 0 N–H and O–H groups in total. The quantitative estimate of drug-likeness (QED) is 0.180. The Morgan fingerprint density at radius 2 is 1.72 bits per heavy atom. The van der Waals surface area contributed by atoms with Gasteiger partial charge in [-0.2, -0.15) is 0 Å². The van der Waals surface area contributed by atoms with Crippen LogP contribution in [0.3, 0.4) is 0 Å². The zero-order valence-corrected chi connectivity index (χ0v) is 23.3. The number of aromatic nitrogens is 1. The Balaban J connectivity index is 1.67. The second-order valence-electron chi connectivity index (χ2n) is 10.7. The first-order chi connectivity index (χ1) is 19.1. The van der Waals surface area contributed by atoms with Crippen LogP contribution in [0.15, 0.2) is 140 Å². The number of allylic oxidation sites excluding steroid dienone is 9. The maximum Gasteiger partial charge on any atom is 0.0430 e. The van der Waals surface area contributed by atoms with Crippen molar-refractivity contribution in [1.82, 2.24) is 4.57 Å². The van der Waals surface area contributed by atoms with Crippen molar-refractivity contribution < 1.29 is 0 Å². The van der Waals surface area contributed by atoms with Gasteiger partial charge >= 0.3 is 0 Å². The normalized spacial score (nSPS) is 22.3. The number of rotatable bonds is 6. The third kappa shape index (κ3) is 5.54. The Labute approximate surface area is 234 Å². The fourth-order valence-corrected chi connectivity index (χ4v) is 6.29. The SMILES string of the molecule is C=C/C=C\C=C/CC1(c2ccccc2)C/C=C/C(c2cccc3ccccc23)CC/C=C(\C)c2ccn(C)c21. The molecule has 0 aliphatic heterocycles. The Morgan fingerprint density at radius 3 is 2.56 bits per heavy atom. The number of benzene rings is 3. The van der Waals surface area contributed by atoms with Gasteiger partial charge in [-0.25, -0.2) is 0 Å². The molecule has 0 amide bonds. The van der Waals surface area contributed by atoms with Crippen molar-refractivity contribution in [3.05, 3.63) is 163 Å². The molecule has 0 fully saturated rings. The van der Waals surface area contributed by atoms with Crippen LogP contribution in [0.2, 0.25) is 0 Å². The molecular formula is C38H39N. The van der Waals surface area contributed by atoms with Crippen molar-refractivity contribution in [2.24, 2.45) is 7.05 Å². The Bertz CT molecular complexity index is 1540. The molecule has 196 valence electrons. The van der Waals surface area contributed by atoms with Crippen molar-refractivity contribution in [2.45, 2.75) is 43.9 Å². The molecule has 4 aromatic rings. The lowest BCUT2D eigenvalue weighted by atomic mass is 9.70. The summed E-state index contributed by atoms with van der Waals surface area (Å²) in [6.07, 6.45) is 23.9. The van der Waals surface area contributed by atoms with Gasteiger partial charge < -0.3 is 4.57 Å². The predicted octanol–water partition coefficient (Wildman–Crippen LogP) is 10.1. The Kier molecular flexibility index (Phi) is 8.27. The number of hydrogen-bond donors (Lipinski definition) is 0. The Morgan fingerprint density at radius 1 is 0.923 bits per heavy atom. The van der Waals surface area contributed by atoms with E-state index in [9.17, 15) is 0 Å². The largest absolute Gasteiger partial charge is 0.353 e. The molecule has 0 spiro atoms. The topological polar surface area (TPSA) is 4.93 Å². The van der Waals surface area contributed by atoms with E-state index in [-0.39, 0.29) is 5.41 Å². The van der Waals surface area contributed by atoms with Crippen LogP contribution in [0.5, 0.6) is 0 Å². The third-order valence-corrected chi connectivity index (χ3v) is 8.22. The smallest absolute Gasteiger partial charge is 0.0430 e. The highest BCUT2D eigenvalue weighted by Crippen LogP contribution is 2.44. The van der Waals surface area contributed by atoms with Crippen LogP contribution < -0.4 is 0 Å². The monoisotopic (exact) mass is 509 g/mol. The van der Waals surface area contributed by atoms with Crippen molar-refractivity contribution in [2.75, 3.05) is 0 Å². The molecule has 2 unspecified atom stereocenters. The first-order valence-electron chi connectivity index (χ1n) is 14.1. The van der Waals surface area contributed by atoms with Gasteiger partial charge in [0.15, 0.2) is 0 Å². The van der Waals surface area contributed by atoms with Gasteiger partial charge in [0.05, 0.1) is 0 Å². The summed E-state index contributed by atoms with van der Waals surface area (Å²) in [6.45, 7) is 6.10. The second kappa shape index (κ2) is 12.2. The van der Waals surface area contributed by atoms with Gasteiger partial charge in [0, 0.05) is 30.3 Å². The summed E-state index contributed by atoms with van der Waals surface area (Å²) in [5.74, 6) is 0.362. The van der Waals surface area contributed by atoms with E-state index in [4.69, 9.17) is 0 Å². The van der Waals surface area contributed by atoms with E-state index in [1.807, 2.05) is 12.2 Å². The fraction of sp³-hybridized carbons (Fsp3) is 0.211. The van der Waals surface area contributed by atoms with Gasteiger partial charge in [0.25, 0.3) is 0 Å². The summed E-state index contributed by atoms with van der Waals surface area (Å²) < 4.78 is 2.35.